The predicted octanol–water partition coefficient (Wildman–Crippen LogP) is 0.862. The highest BCUT2D eigenvalue weighted by Gasteiger charge is 2.22. The zero-order chi connectivity index (χ0) is 14.7. The van der Waals surface area contributed by atoms with E-state index in [4.69, 9.17) is 19.9 Å². The third-order valence-corrected chi connectivity index (χ3v) is 3.59. The molecule has 3 rings (SSSR count). The average Bonchev–Trinajstić information content (AvgIpc) is 2.52. The Labute approximate surface area is 124 Å². The summed E-state index contributed by atoms with van der Waals surface area (Å²) in [5.74, 6) is 2.10. The second kappa shape index (κ2) is 6.22. The summed E-state index contributed by atoms with van der Waals surface area (Å²) in [7, 11) is 0. The van der Waals surface area contributed by atoms with Gasteiger partial charge in [0.1, 0.15) is 6.61 Å². The number of nitrogens with zero attached hydrogens (tertiary/aromatic N) is 2. The first-order chi connectivity index (χ1) is 10.2. The van der Waals surface area contributed by atoms with Crippen molar-refractivity contribution in [3.05, 3.63) is 24.3 Å². The second-order valence-corrected chi connectivity index (χ2v) is 5.32. The molecule has 2 N–H and O–H groups in total. The molecule has 1 saturated heterocycles. The van der Waals surface area contributed by atoms with Crippen molar-refractivity contribution in [1.29, 1.82) is 0 Å². The fourth-order valence-corrected chi connectivity index (χ4v) is 2.47. The lowest BCUT2D eigenvalue weighted by Crippen LogP contribution is -2.48. The van der Waals surface area contributed by atoms with Crippen LogP contribution in [0.5, 0.6) is 11.5 Å². The molecule has 0 saturated carbocycles. The molecule has 2 aliphatic rings. The topological polar surface area (TPSA) is 69.3 Å². The quantitative estimate of drug-likeness (QED) is 0.646. The van der Waals surface area contributed by atoms with Crippen molar-refractivity contribution in [3.8, 4) is 11.5 Å². The van der Waals surface area contributed by atoms with Crippen LogP contribution in [0.3, 0.4) is 0 Å². The number of benzene rings is 1. The number of hydrogen-bond acceptors (Lipinski definition) is 4. The van der Waals surface area contributed by atoms with Gasteiger partial charge in [-0.2, -0.15) is 0 Å². The Morgan fingerprint density at radius 2 is 2.19 bits per heavy atom. The van der Waals surface area contributed by atoms with E-state index in [2.05, 4.69) is 4.99 Å². The molecule has 1 aromatic carbocycles. The lowest BCUT2D eigenvalue weighted by atomic mass is 10.2. The van der Waals surface area contributed by atoms with Crippen molar-refractivity contribution < 1.29 is 14.2 Å². The first-order valence-corrected chi connectivity index (χ1v) is 7.27. The normalized spacial score (nSPS) is 25.8. The Morgan fingerprint density at radius 3 is 3.00 bits per heavy atom. The minimum absolute atomic E-state index is 0.100. The van der Waals surface area contributed by atoms with E-state index >= 15 is 0 Å². The first-order valence-electron chi connectivity index (χ1n) is 7.27. The zero-order valence-electron chi connectivity index (χ0n) is 12.2. The summed E-state index contributed by atoms with van der Waals surface area (Å²) in [5.41, 5.74) is 6.05. The van der Waals surface area contributed by atoms with E-state index in [0.29, 0.717) is 25.7 Å². The maximum Gasteiger partial charge on any atom is 0.191 e. The minimum Gasteiger partial charge on any atom is -0.486 e. The van der Waals surface area contributed by atoms with Crippen LogP contribution in [0, 0.1) is 0 Å². The Balaban J connectivity index is 1.56. The Kier molecular flexibility index (Phi) is 4.15. The van der Waals surface area contributed by atoms with E-state index in [-0.39, 0.29) is 12.2 Å². The molecule has 1 fully saturated rings. The molecule has 2 aliphatic heterocycles. The van der Waals surface area contributed by atoms with Gasteiger partial charge in [0.05, 0.1) is 19.3 Å². The standard InChI is InChI=1S/C15H21N3O3/c1-11-9-18(6-7-19-11)15(16)17-8-12-10-20-13-4-2-3-5-14(13)21-12/h2-5,11-12H,6-10H2,1H3,(H2,16,17). The Hall–Kier alpha value is -1.95. The van der Waals surface area contributed by atoms with Crippen LogP contribution in [0.15, 0.2) is 29.3 Å². The molecule has 0 amide bonds. The highest BCUT2D eigenvalue weighted by Crippen LogP contribution is 2.30. The lowest BCUT2D eigenvalue weighted by Gasteiger charge is -2.32. The van der Waals surface area contributed by atoms with Crippen molar-refractivity contribution in [2.24, 2.45) is 10.7 Å². The highest BCUT2D eigenvalue weighted by atomic mass is 16.6. The van der Waals surface area contributed by atoms with Gasteiger partial charge >= 0.3 is 0 Å². The van der Waals surface area contributed by atoms with Crippen molar-refractivity contribution in [2.45, 2.75) is 19.1 Å². The fraction of sp³-hybridized carbons (Fsp3) is 0.533. The van der Waals surface area contributed by atoms with Crippen molar-refractivity contribution in [3.63, 3.8) is 0 Å². The number of ether oxygens (including phenoxy) is 3. The van der Waals surface area contributed by atoms with E-state index in [1.807, 2.05) is 36.1 Å². The monoisotopic (exact) mass is 291 g/mol. The number of hydrogen-bond donors (Lipinski definition) is 1. The molecule has 2 atom stereocenters. The smallest absolute Gasteiger partial charge is 0.191 e. The van der Waals surface area contributed by atoms with Gasteiger partial charge in [-0.05, 0) is 19.1 Å². The molecule has 0 aliphatic carbocycles. The number of morpholine rings is 1. The number of para-hydroxylation sites is 2. The van der Waals surface area contributed by atoms with E-state index in [1.165, 1.54) is 0 Å². The van der Waals surface area contributed by atoms with Gasteiger partial charge < -0.3 is 24.8 Å². The van der Waals surface area contributed by atoms with Crippen molar-refractivity contribution in [2.75, 3.05) is 32.8 Å². The molecule has 0 radical (unpaired) electrons. The minimum atomic E-state index is -0.100. The largest absolute Gasteiger partial charge is 0.486 e. The molecule has 0 spiro atoms. The maximum absolute atomic E-state index is 6.05. The SMILES string of the molecule is CC1CN(C(N)=NCC2COc3ccccc3O2)CCO1. The summed E-state index contributed by atoms with van der Waals surface area (Å²) in [6.07, 6.45) is 0.0885. The molecule has 2 unspecified atom stereocenters. The molecular formula is C15H21N3O3. The summed E-state index contributed by atoms with van der Waals surface area (Å²) in [6, 6.07) is 7.66. The van der Waals surface area contributed by atoms with E-state index in [0.717, 1.165) is 24.6 Å². The molecule has 1 aromatic rings. The molecule has 114 valence electrons. The number of nitrogens with two attached hydrogens (primary N) is 1. The summed E-state index contributed by atoms with van der Waals surface area (Å²) < 4.78 is 17.0. The van der Waals surface area contributed by atoms with Gasteiger partial charge in [0.15, 0.2) is 23.6 Å². The van der Waals surface area contributed by atoms with Gasteiger partial charge in [-0.15, -0.1) is 0 Å². The second-order valence-electron chi connectivity index (χ2n) is 5.32. The number of guanidine groups is 1. The highest BCUT2D eigenvalue weighted by molar-refractivity contribution is 5.78. The molecule has 0 bridgehead atoms. The number of rotatable bonds is 2. The zero-order valence-corrected chi connectivity index (χ0v) is 12.2. The van der Waals surface area contributed by atoms with Gasteiger partial charge in [-0.1, -0.05) is 12.1 Å². The van der Waals surface area contributed by atoms with Crippen molar-refractivity contribution in [1.82, 2.24) is 4.90 Å². The van der Waals surface area contributed by atoms with Gasteiger partial charge in [0.2, 0.25) is 0 Å². The average molecular weight is 291 g/mol. The summed E-state index contributed by atoms with van der Waals surface area (Å²) >= 11 is 0. The van der Waals surface area contributed by atoms with Crippen LogP contribution in [-0.2, 0) is 4.74 Å². The Morgan fingerprint density at radius 1 is 1.38 bits per heavy atom. The number of fused-ring (bicyclic) bond motifs is 1. The summed E-state index contributed by atoms with van der Waals surface area (Å²) in [5, 5.41) is 0. The third-order valence-electron chi connectivity index (χ3n) is 3.59. The van der Waals surface area contributed by atoms with E-state index < -0.39 is 0 Å². The third kappa shape index (κ3) is 3.39. The van der Waals surface area contributed by atoms with Crippen molar-refractivity contribution >= 4 is 5.96 Å². The van der Waals surface area contributed by atoms with Crippen LogP contribution in [0.4, 0.5) is 0 Å². The van der Waals surface area contributed by atoms with Gasteiger partial charge in [0.25, 0.3) is 0 Å². The number of aliphatic imine (C=N–C) groups is 1. The Bertz CT molecular complexity index is 521. The van der Waals surface area contributed by atoms with Crippen LogP contribution >= 0.6 is 0 Å². The molecule has 21 heavy (non-hydrogen) atoms. The van der Waals surface area contributed by atoms with Crippen LogP contribution in [0.25, 0.3) is 0 Å². The summed E-state index contributed by atoms with van der Waals surface area (Å²) in [4.78, 5) is 6.49. The van der Waals surface area contributed by atoms with Crippen LogP contribution < -0.4 is 15.2 Å². The van der Waals surface area contributed by atoms with Gasteiger partial charge in [0, 0.05) is 13.1 Å². The van der Waals surface area contributed by atoms with Gasteiger partial charge in [-0.3, -0.25) is 0 Å². The molecular weight excluding hydrogens is 270 g/mol. The van der Waals surface area contributed by atoms with Crippen LogP contribution in [-0.4, -0.2) is 55.9 Å². The van der Waals surface area contributed by atoms with E-state index in [1.54, 1.807) is 0 Å². The lowest BCUT2D eigenvalue weighted by molar-refractivity contribution is 0.00517. The first kappa shape index (κ1) is 14.0. The predicted molar refractivity (Wildman–Crippen MR) is 79.8 cm³/mol. The van der Waals surface area contributed by atoms with Crippen LogP contribution in [0.2, 0.25) is 0 Å². The molecule has 6 heteroatoms. The van der Waals surface area contributed by atoms with Crippen LogP contribution in [0.1, 0.15) is 6.92 Å². The summed E-state index contributed by atoms with van der Waals surface area (Å²) in [6.45, 7) is 5.27. The molecule has 0 aromatic heterocycles. The molecule has 2 heterocycles. The fourth-order valence-electron chi connectivity index (χ4n) is 2.47. The van der Waals surface area contributed by atoms with E-state index in [9.17, 15) is 0 Å². The maximum atomic E-state index is 6.05. The molecule has 6 nitrogen and oxygen atoms in total. The van der Waals surface area contributed by atoms with Gasteiger partial charge in [-0.25, -0.2) is 4.99 Å².